The molecule has 0 bridgehead atoms. The van der Waals surface area contributed by atoms with Gasteiger partial charge < -0.3 is 20.5 Å². The van der Waals surface area contributed by atoms with Crippen LogP contribution in [0.3, 0.4) is 0 Å². The molecule has 3 rings (SSSR count). The maximum atomic E-state index is 9.56. The Balaban J connectivity index is 1.78. The Bertz CT molecular complexity index is 561. The molecule has 3 N–H and O–H groups in total. The van der Waals surface area contributed by atoms with Gasteiger partial charge in [-0.1, -0.05) is 0 Å². The number of aliphatic hydroxyl groups excluding tert-OH is 1. The van der Waals surface area contributed by atoms with E-state index in [9.17, 15) is 5.11 Å². The molecule has 6 nitrogen and oxygen atoms in total. The molecular formula is C15H23BrN4O2. The Morgan fingerprint density at radius 2 is 2.09 bits per heavy atom. The lowest BCUT2D eigenvalue weighted by Gasteiger charge is -2.42. The quantitative estimate of drug-likeness (QED) is 0.817. The first kappa shape index (κ1) is 16.1. The summed E-state index contributed by atoms with van der Waals surface area (Å²) in [5, 5.41) is 9.56. The van der Waals surface area contributed by atoms with Gasteiger partial charge >= 0.3 is 0 Å². The third-order valence-electron chi connectivity index (χ3n) is 5.12. The summed E-state index contributed by atoms with van der Waals surface area (Å²) in [6.45, 7) is 6.34. The summed E-state index contributed by atoms with van der Waals surface area (Å²) in [4.78, 5) is 11.2. The fourth-order valence-electron chi connectivity index (χ4n) is 3.51. The molecule has 2 fully saturated rings. The van der Waals surface area contributed by atoms with Crippen molar-refractivity contribution >= 4 is 21.7 Å². The molecule has 7 heteroatoms. The first-order valence-electron chi connectivity index (χ1n) is 7.73. The maximum absolute atomic E-state index is 9.56. The van der Waals surface area contributed by atoms with Crippen LogP contribution in [0.2, 0.25) is 0 Å². The van der Waals surface area contributed by atoms with Crippen molar-refractivity contribution in [2.75, 3.05) is 24.6 Å². The SMILES string of the molecule is Cc1nc(N2CCC3(CC2)CO[C@@H](C)[C@H]3N)c(CO)nc1Br. The van der Waals surface area contributed by atoms with E-state index in [1.54, 1.807) is 0 Å². The van der Waals surface area contributed by atoms with Gasteiger partial charge in [0, 0.05) is 24.5 Å². The molecule has 1 spiro atoms. The zero-order valence-corrected chi connectivity index (χ0v) is 14.6. The van der Waals surface area contributed by atoms with Crippen LogP contribution in [0.25, 0.3) is 0 Å². The molecule has 122 valence electrons. The van der Waals surface area contributed by atoms with Gasteiger partial charge in [-0.2, -0.15) is 0 Å². The number of piperidine rings is 1. The Hall–Kier alpha value is -0.760. The fraction of sp³-hybridized carbons (Fsp3) is 0.733. The Morgan fingerprint density at radius 3 is 2.64 bits per heavy atom. The second kappa shape index (κ2) is 6.03. The minimum absolute atomic E-state index is 0.0904. The number of anilines is 1. The number of aliphatic hydroxyl groups is 1. The third kappa shape index (κ3) is 2.64. The monoisotopic (exact) mass is 370 g/mol. The van der Waals surface area contributed by atoms with Crippen LogP contribution in [0, 0.1) is 12.3 Å². The first-order chi connectivity index (χ1) is 10.5. The van der Waals surface area contributed by atoms with Crippen LogP contribution in [0.1, 0.15) is 31.2 Å². The van der Waals surface area contributed by atoms with E-state index in [1.165, 1.54) is 0 Å². The molecule has 1 aromatic heterocycles. The molecule has 0 radical (unpaired) electrons. The van der Waals surface area contributed by atoms with Crippen LogP contribution in [0.4, 0.5) is 5.82 Å². The number of aromatic nitrogens is 2. The lowest BCUT2D eigenvalue weighted by Crippen LogP contribution is -2.51. The zero-order chi connectivity index (χ0) is 15.9. The smallest absolute Gasteiger partial charge is 0.153 e. The minimum atomic E-state index is -0.109. The molecule has 22 heavy (non-hydrogen) atoms. The van der Waals surface area contributed by atoms with Crippen molar-refractivity contribution in [2.24, 2.45) is 11.1 Å². The second-order valence-corrected chi connectivity index (χ2v) is 7.17. The van der Waals surface area contributed by atoms with Crippen LogP contribution < -0.4 is 10.6 Å². The summed E-state index contributed by atoms with van der Waals surface area (Å²) in [5.41, 5.74) is 7.90. The lowest BCUT2D eigenvalue weighted by atomic mass is 9.73. The number of halogens is 1. The normalized spacial score (nSPS) is 27.6. The van der Waals surface area contributed by atoms with Crippen molar-refractivity contribution in [1.29, 1.82) is 0 Å². The van der Waals surface area contributed by atoms with Crippen molar-refractivity contribution in [3.8, 4) is 0 Å². The molecular weight excluding hydrogens is 348 g/mol. The molecule has 2 aliphatic rings. The highest BCUT2D eigenvalue weighted by Gasteiger charge is 2.47. The average Bonchev–Trinajstić information content (AvgIpc) is 2.79. The van der Waals surface area contributed by atoms with Gasteiger partial charge in [-0.3, -0.25) is 0 Å². The highest BCUT2D eigenvalue weighted by atomic mass is 79.9. The van der Waals surface area contributed by atoms with E-state index in [1.807, 2.05) is 6.92 Å². The van der Waals surface area contributed by atoms with Gasteiger partial charge in [0.2, 0.25) is 0 Å². The average molecular weight is 371 g/mol. The molecule has 0 saturated carbocycles. The highest BCUT2D eigenvalue weighted by molar-refractivity contribution is 9.10. The van der Waals surface area contributed by atoms with Gasteiger partial charge in [0.1, 0.15) is 10.3 Å². The summed E-state index contributed by atoms with van der Waals surface area (Å²) in [6, 6.07) is 0.102. The molecule has 1 aromatic rings. The van der Waals surface area contributed by atoms with Crippen molar-refractivity contribution in [2.45, 2.75) is 45.4 Å². The summed E-state index contributed by atoms with van der Waals surface area (Å²) in [5.74, 6) is 0.790. The third-order valence-corrected chi connectivity index (χ3v) is 5.87. The van der Waals surface area contributed by atoms with Gasteiger partial charge in [-0.05, 0) is 42.6 Å². The van der Waals surface area contributed by atoms with Crippen molar-refractivity contribution in [1.82, 2.24) is 9.97 Å². The predicted molar refractivity (Wildman–Crippen MR) is 87.7 cm³/mol. The number of nitrogens with zero attached hydrogens (tertiary/aromatic N) is 3. The Morgan fingerprint density at radius 1 is 1.41 bits per heavy atom. The van der Waals surface area contributed by atoms with E-state index < -0.39 is 0 Å². The Kier molecular flexibility index (Phi) is 4.42. The number of rotatable bonds is 2. The molecule has 2 aliphatic heterocycles. The number of aryl methyl sites for hydroxylation is 1. The van der Waals surface area contributed by atoms with Crippen molar-refractivity contribution in [3.05, 3.63) is 16.0 Å². The van der Waals surface area contributed by atoms with Crippen molar-refractivity contribution in [3.63, 3.8) is 0 Å². The summed E-state index contributed by atoms with van der Waals surface area (Å²) >= 11 is 3.37. The first-order valence-corrected chi connectivity index (χ1v) is 8.52. The van der Waals surface area contributed by atoms with Crippen LogP contribution in [0.5, 0.6) is 0 Å². The van der Waals surface area contributed by atoms with E-state index in [-0.39, 0.29) is 24.2 Å². The summed E-state index contributed by atoms with van der Waals surface area (Å²) in [6.07, 6.45) is 2.11. The van der Waals surface area contributed by atoms with Crippen LogP contribution in [-0.4, -0.2) is 46.9 Å². The van der Waals surface area contributed by atoms with Crippen molar-refractivity contribution < 1.29 is 9.84 Å². The summed E-state index contributed by atoms with van der Waals surface area (Å²) < 4.78 is 6.45. The van der Waals surface area contributed by atoms with Gasteiger partial charge in [-0.25, -0.2) is 9.97 Å². The molecule has 0 aromatic carbocycles. The van der Waals surface area contributed by atoms with Crippen LogP contribution in [-0.2, 0) is 11.3 Å². The summed E-state index contributed by atoms with van der Waals surface area (Å²) in [7, 11) is 0. The van der Waals surface area contributed by atoms with E-state index in [4.69, 9.17) is 10.5 Å². The van der Waals surface area contributed by atoms with E-state index >= 15 is 0 Å². The molecule has 2 atom stereocenters. The number of ether oxygens (including phenoxy) is 1. The molecule has 2 saturated heterocycles. The van der Waals surface area contributed by atoms with Crippen LogP contribution >= 0.6 is 15.9 Å². The lowest BCUT2D eigenvalue weighted by molar-refractivity contribution is 0.0973. The van der Waals surface area contributed by atoms with E-state index in [0.717, 1.165) is 44.0 Å². The molecule has 0 unspecified atom stereocenters. The number of hydrogen-bond acceptors (Lipinski definition) is 6. The topological polar surface area (TPSA) is 84.5 Å². The highest BCUT2D eigenvalue weighted by Crippen LogP contribution is 2.42. The standard InChI is InChI=1S/C15H23BrN4O2/c1-9-13(16)19-11(7-21)14(18-9)20-5-3-15(4-6-20)8-22-10(2)12(15)17/h10,12,21H,3-8,17H2,1-2H3/t10-,12+/m0/s1. The van der Waals surface area contributed by atoms with Gasteiger partial charge in [-0.15, -0.1) is 0 Å². The predicted octanol–water partition coefficient (Wildman–Crippen LogP) is 1.37. The number of nitrogens with two attached hydrogens (primary N) is 1. The zero-order valence-electron chi connectivity index (χ0n) is 13.0. The van der Waals surface area contributed by atoms with E-state index in [2.05, 4.69) is 37.7 Å². The second-order valence-electron chi connectivity index (χ2n) is 6.42. The molecule has 3 heterocycles. The molecule has 0 amide bonds. The van der Waals surface area contributed by atoms with Crippen LogP contribution in [0.15, 0.2) is 4.60 Å². The largest absolute Gasteiger partial charge is 0.390 e. The van der Waals surface area contributed by atoms with Gasteiger partial charge in [0.05, 0.1) is 25.0 Å². The van der Waals surface area contributed by atoms with Gasteiger partial charge in [0.25, 0.3) is 0 Å². The Labute approximate surface area is 139 Å². The maximum Gasteiger partial charge on any atom is 0.153 e. The van der Waals surface area contributed by atoms with E-state index in [0.29, 0.717) is 10.3 Å². The van der Waals surface area contributed by atoms with Gasteiger partial charge in [0.15, 0.2) is 5.82 Å². The minimum Gasteiger partial charge on any atom is -0.390 e. The molecule has 0 aliphatic carbocycles. The number of hydrogen-bond donors (Lipinski definition) is 2. The fourth-order valence-corrected chi connectivity index (χ4v) is 3.82.